The summed E-state index contributed by atoms with van der Waals surface area (Å²) >= 11 is 3.36. The van der Waals surface area contributed by atoms with E-state index < -0.39 is 11.6 Å². The fourth-order valence-corrected chi connectivity index (χ4v) is 3.50. The standard InChI is InChI=1S/C23H16BrFN2O2/c24-15-9-11-16(12-10-15)26-22(28)14-27-13-19(17-5-2-4-8-21(17)27)23(29)18-6-1-3-7-20(18)25/h1-13H,14H2,(H,26,28). The molecule has 0 radical (unpaired) electrons. The number of carbonyl (C=O) groups is 2. The van der Waals surface area contributed by atoms with Crippen molar-refractivity contribution in [1.82, 2.24) is 4.57 Å². The Morgan fingerprint density at radius 2 is 1.59 bits per heavy atom. The highest BCUT2D eigenvalue weighted by atomic mass is 79.9. The predicted molar refractivity (Wildman–Crippen MR) is 115 cm³/mol. The van der Waals surface area contributed by atoms with Gasteiger partial charge in [0.1, 0.15) is 12.4 Å². The van der Waals surface area contributed by atoms with Gasteiger partial charge in [-0.3, -0.25) is 9.59 Å². The molecule has 144 valence electrons. The maximum absolute atomic E-state index is 14.1. The lowest BCUT2D eigenvalue weighted by atomic mass is 10.0. The van der Waals surface area contributed by atoms with Crippen LogP contribution in [0.2, 0.25) is 0 Å². The lowest BCUT2D eigenvalue weighted by Crippen LogP contribution is -2.18. The van der Waals surface area contributed by atoms with Gasteiger partial charge in [0.05, 0.1) is 5.56 Å². The normalized spacial score (nSPS) is 10.8. The van der Waals surface area contributed by atoms with Crippen LogP contribution in [0.25, 0.3) is 10.9 Å². The third-order valence-corrected chi connectivity index (χ3v) is 5.12. The second-order valence-electron chi connectivity index (χ2n) is 6.55. The van der Waals surface area contributed by atoms with Gasteiger partial charge in [-0.25, -0.2) is 4.39 Å². The number of hydrogen-bond donors (Lipinski definition) is 1. The first-order chi connectivity index (χ1) is 14.0. The summed E-state index contributed by atoms with van der Waals surface area (Å²) < 4.78 is 16.7. The number of anilines is 1. The summed E-state index contributed by atoms with van der Waals surface area (Å²) in [5.41, 5.74) is 1.78. The van der Waals surface area contributed by atoms with Crippen LogP contribution in [0.4, 0.5) is 10.1 Å². The summed E-state index contributed by atoms with van der Waals surface area (Å²) in [6.45, 7) is 0.0289. The number of halogens is 2. The molecule has 0 aliphatic rings. The van der Waals surface area contributed by atoms with Gasteiger partial charge in [0.25, 0.3) is 0 Å². The molecule has 1 heterocycles. The Morgan fingerprint density at radius 1 is 0.897 bits per heavy atom. The molecular formula is C23H16BrFN2O2. The van der Waals surface area contributed by atoms with Gasteiger partial charge in [0.2, 0.25) is 5.91 Å². The molecule has 0 aliphatic carbocycles. The van der Waals surface area contributed by atoms with Crippen LogP contribution >= 0.6 is 15.9 Å². The highest BCUT2D eigenvalue weighted by Crippen LogP contribution is 2.25. The average Bonchev–Trinajstić information content (AvgIpc) is 3.08. The van der Waals surface area contributed by atoms with Crippen molar-refractivity contribution in [2.24, 2.45) is 0 Å². The van der Waals surface area contributed by atoms with Gasteiger partial charge in [-0.05, 0) is 42.5 Å². The van der Waals surface area contributed by atoms with Crippen LogP contribution in [0.3, 0.4) is 0 Å². The summed E-state index contributed by atoms with van der Waals surface area (Å²) in [6, 6.07) is 20.4. The number of hydrogen-bond acceptors (Lipinski definition) is 2. The van der Waals surface area contributed by atoms with Gasteiger partial charge in [-0.15, -0.1) is 0 Å². The molecule has 6 heteroatoms. The maximum Gasteiger partial charge on any atom is 0.244 e. The van der Waals surface area contributed by atoms with E-state index >= 15 is 0 Å². The molecule has 0 fully saturated rings. The summed E-state index contributed by atoms with van der Waals surface area (Å²) in [6.07, 6.45) is 1.61. The molecule has 0 saturated carbocycles. The van der Waals surface area contributed by atoms with E-state index in [1.165, 1.54) is 12.1 Å². The fourth-order valence-electron chi connectivity index (χ4n) is 3.24. The molecule has 4 rings (SSSR count). The van der Waals surface area contributed by atoms with Gasteiger partial charge in [0, 0.05) is 32.8 Å². The first kappa shape index (κ1) is 19.1. The number of carbonyl (C=O) groups excluding carboxylic acids is 2. The highest BCUT2D eigenvalue weighted by molar-refractivity contribution is 9.10. The Bertz CT molecular complexity index is 1220. The number of benzene rings is 3. The van der Waals surface area contributed by atoms with Gasteiger partial charge in [-0.1, -0.05) is 46.3 Å². The lowest BCUT2D eigenvalue weighted by Gasteiger charge is -2.07. The average molecular weight is 451 g/mol. The number of ketones is 1. The van der Waals surface area contributed by atoms with E-state index in [1.54, 1.807) is 41.1 Å². The molecular weight excluding hydrogens is 435 g/mol. The zero-order chi connectivity index (χ0) is 20.4. The van der Waals surface area contributed by atoms with E-state index in [1.807, 2.05) is 30.3 Å². The van der Waals surface area contributed by atoms with E-state index in [0.29, 0.717) is 16.6 Å². The van der Waals surface area contributed by atoms with Gasteiger partial charge in [-0.2, -0.15) is 0 Å². The van der Waals surface area contributed by atoms with Crippen molar-refractivity contribution in [3.63, 3.8) is 0 Å². The van der Waals surface area contributed by atoms with Crippen molar-refractivity contribution >= 4 is 44.2 Å². The minimum absolute atomic E-state index is 0.00900. The zero-order valence-electron chi connectivity index (χ0n) is 15.2. The van der Waals surface area contributed by atoms with Crippen LogP contribution in [-0.2, 0) is 11.3 Å². The summed E-state index contributed by atoms with van der Waals surface area (Å²) in [5.74, 6) is -1.20. The number of para-hydroxylation sites is 1. The predicted octanol–water partition coefficient (Wildman–Crippen LogP) is 5.41. The molecule has 0 aliphatic heterocycles. The van der Waals surface area contributed by atoms with E-state index in [4.69, 9.17) is 0 Å². The minimum atomic E-state index is -0.567. The third kappa shape index (κ3) is 3.98. The first-order valence-electron chi connectivity index (χ1n) is 8.95. The van der Waals surface area contributed by atoms with Crippen molar-refractivity contribution in [2.75, 3.05) is 5.32 Å². The largest absolute Gasteiger partial charge is 0.337 e. The summed E-state index contributed by atoms with van der Waals surface area (Å²) in [7, 11) is 0. The van der Waals surface area contributed by atoms with Crippen molar-refractivity contribution in [3.8, 4) is 0 Å². The van der Waals surface area contributed by atoms with Crippen LogP contribution in [-0.4, -0.2) is 16.3 Å². The molecule has 0 atom stereocenters. The van der Waals surface area contributed by atoms with Crippen LogP contribution in [0.15, 0.2) is 83.5 Å². The Kier molecular flexibility index (Phi) is 5.27. The second-order valence-corrected chi connectivity index (χ2v) is 7.47. The summed E-state index contributed by atoms with van der Waals surface area (Å²) in [5, 5.41) is 3.51. The Hall–Kier alpha value is -3.25. The Balaban J connectivity index is 1.65. The quantitative estimate of drug-likeness (QED) is 0.413. The molecule has 1 amide bonds. The zero-order valence-corrected chi connectivity index (χ0v) is 16.8. The summed E-state index contributed by atoms with van der Waals surface area (Å²) in [4.78, 5) is 25.5. The van der Waals surface area contributed by atoms with Crippen molar-refractivity contribution < 1.29 is 14.0 Å². The topological polar surface area (TPSA) is 51.1 Å². The molecule has 0 spiro atoms. The molecule has 29 heavy (non-hydrogen) atoms. The minimum Gasteiger partial charge on any atom is -0.337 e. The number of aromatic nitrogens is 1. The number of nitrogens with zero attached hydrogens (tertiary/aromatic N) is 1. The Labute approximate surface area is 175 Å². The van der Waals surface area contributed by atoms with Crippen LogP contribution in [0.5, 0.6) is 0 Å². The molecule has 3 aromatic carbocycles. The molecule has 0 bridgehead atoms. The van der Waals surface area contributed by atoms with Crippen molar-refractivity contribution in [3.05, 3.63) is 100 Å². The van der Waals surface area contributed by atoms with Crippen molar-refractivity contribution in [1.29, 1.82) is 0 Å². The number of fused-ring (bicyclic) bond motifs is 1. The second kappa shape index (κ2) is 8.01. The van der Waals surface area contributed by atoms with Gasteiger partial charge in [0.15, 0.2) is 5.78 Å². The number of rotatable bonds is 5. The van der Waals surface area contributed by atoms with Gasteiger partial charge >= 0.3 is 0 Å². The third-order valence-electron chi connectivity index (χ3n) is 4.59. The van der Waals surface area contributed by atoms with Gasteiger partial charge < -0.3 is 9.88 Å². The monoisotopic (exact) mass is 450 g/mol. The highest BCUT2D eigenvalue weighted by Gasteiger charge is 2.20. The number of nitrogens with one attached hydrogen (secondary N) is 1. The molecule has 0 saturated heterocycles. The molecule has 1 N–H and O–H groups in total. The Morgan fingerprint density at radius 3 is 2.34 bits per heavy atom. The molecule has 1 aromatic heterocycles. The van der Waals surface area contributed by atoms with E-state index in [-0.39, 0.29) is 18.0 Å². The number of amides is 1. The molecule has 4 nitrogen and oxygen atoms in total. The van der Waals surface area contributed by atoms with Crippen molar-refractivity contribution in [2.45, 2.75) is 6.54 Å². The lowest BCUT2D eigenvalue weighted by molar-refractivity contribution is -0.116. The van der Waals surface area contributed by atoms with E-state index in [0.717, 1.165) is 9.99 Å². The molecule has 0 unspecified atom stereocenters. The van der Waals surface area contributed by atoms with E-state index in [9.17, 15) is 14.0 Å². The van der Waals surface area contributed by atoms with Crippen LogP contribution < -0.4 is 5.32 Å². The first-order valence-corrected chi connectivity index (χ1v) is 9.75. The maximum atomic E-state index is 14.1. The van der Waals surface area contributed by atoms with Crippen LogP contribution in [0.1, 0.15) is 15.9 Å². The fraction of sp³-hybridized carbons (Fsp3) is 0.0435. The molecule has 4 aromatic rings. The smallest absolute Gasteiger partial charge is 0.244 e. The SMILES string of the molecule is O=C(Cn1cc(C(=O)c2ccccc2F)c2ccccc21)Nc1ccc(Br)cc1. The van der Waals surface area contributed by atoms with E-state index in [2.05, 4.69) is 21.2 Å². The van der Waals surface area contributed by atoms with Crippen LogP contribution in [0, 0.1) is 5.82 Å².